The first-order chi connectivity index (χ1) is 8.43. The van der Waals surface area contributed by atoms with Gasteiger partial charge in [-0.1, -0.05) is 27.7 Å². The molecule has 1 unspecified atom stereocenters. The average Bonchev–Trinajstić information content (AvgIpc) is 2.25. The molecule has 0 rings (SSSR count). The summed E-state index contributed by atoms with van der Waals surface area (Å²) in [4.78, 5) is 10.9. The van der Waals surface area contributed by atoms with Gasteiger partial charge in [0.15, 0.2) is 0 Å². The first kappa shape index (κ1) is 17.4. The normalized spacial score (nSPS) is 13.2. The molecular formula is C13H27NO4. The van der Waals surface area contributed by atoms with Crippen LogP contribution in [0.1, 0.15) is 34.1 Å². The number of carbonyl (C=O) groups is 1. The molecule has 0 aliphatic heterocycles. The van der Waals surface area contributed by atoms with Gasteiger partial charge in [-0.15, -0.1) is 0 Å². The van der Waals surface area contributed by atoms with E-state index in [-0.39, 0.29) is 6.04 Å². The van der Waals surface area contributed by atoms with Crippen LogP contribution in [0.3, 0.4) is 0 Å². The number of rotatable bonds is 11. The highest BCUT2D eigenvalue weighted by Crippen LogP contribution is 1.97. The fraction of sp³-hybridized carbons (Fsp3) is 0.923. The van der Waals surface area contributed by atoms with Crippen LogP contribution in [0.5, 0.6) is 0 Å². The lowest BCUT2D eigenvalue weighted by atomic mass is 10.2. The summed E-state index contributed by atoms with van der Waals surface area (Å²) in [5.41, 5.74) is 0. The van der Waals surface area contributed by atoms with Crippen LogP contribution in [0.4, 0.5) is 0 Å². The van der Waals surface area contributed by atoms with Crippen molar-refractivity contribution in [3.05, 3.63) is 0 Å². The molecule has 0 spiro atoms. The van der Waals surface area contributed by atoms with Crippen molar-refractivity contribution in [2.24, 2.45) is 5.92 Å². The van der Waals surface area contributed by atoms with Crippen molar-refractivity contribution in [3.63, 3.8) is 0 Å². The molecule has 108 valence electrons. The largest absolute Gasteiger partial charge is 0.480 e. The highest BCUT2D eigenvalue weighted by Gasteiger charge is 2.17. The lowest BCUT2D eigenvalue weighted by Crippen LogP contribution is -2.41. The molecule has 0 saturated heterocycles. The number of aliphatic carboxylic acids is 1. The molecule has 2 N–H and O–H groups in total. The summed E-state index contributed by atoms with van der Waals surface area (Å²) in [6.45, 7) is 10.3. The fourth-order valence-corrected chi connectivity index (χ4v) is 1.42. The lowest BCUT2D eigenvalue weighted by molar-refractivity contribution is -0.140. The molecule has 0 fully saturated rings. The highest BCUT2D eigenvalue weighted by molar-refractivity contribution is 5.73. The maximum absolute atomic E-state index is 10.9. The van der Waals surface area contributed by atoms with E-state index in [1.165, 1.54) is 0 Å². The summed E-state index contributed by atoms with van der Waals surface area (Å²) >= 11 is 0. The van der Waals surface area contributed by atoms with Gasteiger partial charge in [0.1, 0.15) is 6.04 Å². The second-order valence-electron chi connectivity index (χ2n) is 5.08. The maximum atomic E-state index is 10.9. The fourth-order valence-electron chi connectivity index (χ4n) is 1.42. The SMILES string of the molecule is CC(C)COCCOCCC(NC(C)C)C(=O)O. The Hall–Kier alpha value is -0.650. The quantitative estimate of drug-likeness (QED) is 0.552. The second-order valence-corrected chi connectivity index (χ2v) is 5.08. The number of carboxylic acids is 1. The first-order valence-electron chi connectivity index (χ1n) is 6.57. The van der Waals surface area contributed by atoms with Crippen LogP contribution in [-0.4, -0.2) is 49.6 Å². The molecule has 0 aromatic rings. The van der Waals surface area contributed by atoms with E-state index in [9.17, 15) is 4.79 Å². The van der Waals surface area contributed by atoms with Gasteiger partial charge in [-0.05, 0) is 12.3 Å². The van der Waals surface area contributed by atoms with Crippen molar-refractivity contribution >= 4 is 5.97 Å². The molecule has 5 nitrogen and oxygen atoms in total. The summed E-state index contributed by atoms with van der Waals surface area (Å²) < 4.78 is 10.7. The molecular weight excluding hydrogens is 234 g/mol. The summed E-state index contributed by atoms with van der Waals surface area (Å²) in [6.07, 6.45) is 0.470. The topological polar surface area (TPSA) is 67.8 Å². The van der Waals surface area contributed by atoms with Crippen molar-refractivity contribution in [2.75, 3.05) is 26.4 Å². The zero-order valence-corrected chi connectivity index (χ0v) is 11.9. The van der Waals surface area contributed by atoms with E-state index >= 15 is 0 Å². The molecule has 0 aliphatic rings. The standard InChI is InChI=1S/C13H27NO4/c1-10(2)9-18-8-7-17-6-5-12(13(15)16)14-11(3)4/h10-12,14H,5-9H2,1-4H3,(H,15,16). The molecule has 0 saturated carbocycles. The third kappa shape index (κ3) is 10.5. The van der Waals surface area contributed by atoms with E-state index < -0.39 is 12.0 Å². The molecule has 0 amide bonds. The molecule has 0 heterocycles. The predicted molar refractivity (Wildman–Crippen MR) is 70.8 cm³/mol. The third-order valence-electron chi connectivity index (χ3n) is 2.21. The Morgan fingerprint density at radius 1 is 1.11 bits per heavy atom. The molecule has 1 atom stereocenters. The summed E-state index contributed by atoms with van der Waals surface area (Å²) in [5.74, 6) is -0.306. The van der Waals surface area contributed by atoms with Gasteiger partial charge < -0.3 is 19.9 Å². The van der Waals surface area contributed by atoms with Crippen LogP contribution < -0.4 is 5.32 Å². The Balaban J connectivity index is 3.52. The zero-order valence-electron chi connectivity index (χ0n) is 11.9. The molecule has 0 radical (unpaired) electrons. The minimum atomic E-state index is -0.830. The van der Waals surface area contributed by atoms with Crippen molar-refractivity contribution in [2.45, 2.75) is 46.2 Å². The van der Waals surface area contributed by atoms with E-state index in [1.54, 1.807) is 0 Å². The number of carboxylic acid groups (broad SMARTS) is 1. The number of ether oxygens (including phenoxy) is 2. The monoisotopic (exact) mass is 261 g/mol. The zero-order chi connectivity index (χ0) is 14.0. The number of hydrogen-bond acceptors (Lipinski definition) is 4. The molecule has 0 aliphatic carbocycles. The Morgan fingerprint density at radius 3 is 2.22 bits per heavy atom. The second kappa shape index (κ2) is 10.3. The smallest absolute Gasteiger partial charge is 0.320 e. The molecule has 0 bridgehead atoms. The van der Waals surface area contributed by atoms with Crippen molar-refractivity contribution in [3.8, 4) is 0 Å². The Bertz CT molecular complexity index is 219. The summed E-state index contributed by atoms with van der Waals surface area (Å²) in [7, 11) is 0. The van der Waals surface area contributed by atoms with Gasteiger partial charge in [0.2, 0.25) is 0 Å². The van der Waals surface area contributed by atoms with E-state index in [0.29, 0.717) is 32.2 Å². The predicted octanol–water partition coefficient (Wildman–Crippen LogP) is 1.52. The van der Waals surface area contributed by atoms with Gasteiger partial charge in [-0.2, -0.15) is 0 Å². The van der Waals surface area contributed by atoms with Crippen LogP contribution in [0.25, 0.3) is 0 Å². The van der Waals surface area contributed by atoms with Gasteiger partial charge in [0.05, 0.1) is 13.2 Å². The van der Waals surface area contributed by atoms with Gasteiger partial charge >= 0.3 is 5.97 Å². The van der Waals surface area contributed by atoms with Crippen LogP contribution in [0.2, 0.25) is 0 Å². The first-order valence-corrected chi connectivity index (χ1v) is 6.57. The van der Waals surface area contributed by atoms with Crippen LogP contribution in [0.15, 0.2) is 0 Å². The van der Waals surface area contributed by atoms with E-state index in [4.69, 9.17) is 14.6 Å². The number of nitrogens with one attached hydrogen (secondary N) is 1. The number of hydrogen-bond donors (Lipinski definition) is 2. The van der Waals surface area contributed by atoms with Gasteiger partial charge in [-0.25, -0.2) is 0 Å². The van der Waals surface area contributed by atoms with E-state index in [1.807, 2.05) is 13.8 Å². The van der Waals surface area contributed by atoms with E-state index in [0.717, 1.165) is 6.61 Å². The van der Waals surface area contributed by atoms with Crippen LogP contribution in [-0.2, 0) is 14.3 Å². The van der Waals surface area contributed by atoms with Crippen molar-refractivity contribution in [1.82, 2.24) is 5.32 Å². The molecule has 5 heteroatoms. The van der Waals surface area contributed by atoms with Crippen LogP contribution >= 0.6 is 0 Å². The van der Waals surface area contributed by atoms with Crippen LogP contribution in [0, 0.1) is 5.92 Å². The summed E-state index contributed by atoms with van der Waals surface area (Å²) in [6, 6.07) is -0.387. The minimum Gasteiger partial charge on any atom is -0.480 e. The maximum Gasteiger partial charge on any atom is 0.320 e. The van der Waals surface area contributed by atoms with Gasteiger partial charge in [0, 0.05) is 19.3 Å². The summed E-state index contributed by atoms with van der Waals surface area (Å²) in [5, 5.41) is 12.0. The molecule has 18 heavy (non-hydrogen) atoms. The lowest BCUT2D eigenvalue weighted by Gasteiger charge is -2.17. The van der Waals surface area contributed by atoms with Gasteiger partial charge in [0.25, 0.3) is 0 Å². The minimum absolute atomic E-state index is 0.153. The Morgan fingerprint density at radius 2 is 1.72 bits per heavy atom. The third-order valence-corrected chi connectivity index (χ3v) is 2.21. The Labute approximate surface area is 110 Å². The molecule has 0 aromatic heterocycles. The Kier molecular flexibility index (Phi) is 9.92. The van der Waals surface area contributed by atoms with Gasteiger partial charge in [-0.3, -0.25) is 4.79 Å². The van der Waals surface area contributed by atoms with Crippen molar-refractivity contribution < 1.29 is 19.4 Å². The highest BCUT2D eigenvalue weighted by atomic mass is 16.5. The molecule has 0 aromatic carbocycles. The van der Waals surface area contributed by atoms with E-state index in [2.05, 4.69) is 19.2 Å². The average molecular weight is 261 g/mol. The van der Waals surface area contributed by atoms with Crippen molar-refractivity contribution in [1.29, 1.82) is 0 Å².